The minimum Gasteiger partial charge on any atom is -0.459 e. The fourth-order valence-corrected chi connectivity index (χ4v) is 1.94. The van der Waals surface area contributed by atoms with Crippen LogP contribution in [0.2, 0.25) is 0 Å². The first-order valence-electron chi connectivity index (χ1n) is 5.78. The molecule has 0 saturated heterocycles. The van der Waals surface area contributed by atoms with E-state index >= 15 is 0 Å². The molecule has 0 bridgehead atoms. The molecular formula is C14H15NO2S. The predicted octanol–water partition coefficient (Wildman–Crippen LogP) is 2.55. The summed E-state index contributed by atoms with van der Waals surface area (Å²) >= 11 is 4.27. The number of carbonyl (C=O) groups excluding carboxylic acids is 1. The van der Waals surface area contributed by atoms with Gasteiger partial charge in [-0.1, -0.05) is 30.3 Å². The third-order valence-electron chi connectivity index (χ3n) is 2.63. The molecule has 1 amide bonds. The number of amides is 1. The number of nitrogens with one attached hydrogen (secondary N) is 1. The van der Waals surface area contributed by atoms with E-state index in [1.54, 1.807) is 12.1 Å². The molecule has 1 aromatic carbocycles. The van der Waals surface area contributed by atoms with E-state index in [9.17, 15) is 4.79 Å². The van der Waals surface area contributed by atoms with Gasteiger partial charge >= 0.3 is 0 Å². The van der Waals surface area contributed by atoms with Gasteiger partial charge in [-0.15, -0.1) is 0 Å². The average molecular weight is 261 g/mol. The van der Waals surface area contributed by atoms with Crippen molar-refractivity contribution in [2.75, 3.05) is 5.75 Å². The van der Waals surface area contributed by atoms with Crippen LogP contribution in [0.4, 0.5) is 0 Å². The second-order valence-corrected chi connectivity index (χ2v) is 4.39. The lowest BCUT2D eigenvalue weighted by molar-refractivity contribution is 0.0913. The van der Waals surface area contributed by atoms with E-state index in [1.165, 1.54) is 11.8 Å². The molecule has 18 heavy (non-hydrogen) atoms. The summed E-state index contributed by atoms with van der Waals surface area (Å²) in [6.45, 7) is 0. The first-order chi connectivity index (χ1) is 8.79. The monoisotopic (exact) mass is 261 g/mol. The second-order valence-electron chi connectivity index (χ2n) is 4.02. The first kappa shape index (κ1) is 12.8. The molecule has 0 spiro atoms. The van der Waals surface area contributed by atoms with Crippen molar-refractivity contribution in [2.45, 2.75) is 12.5 Å². The van der Waals surface area contributed by atoms with Crippen molar-refractivity contribution in [3.05, 3.63) is 60.1 Å². The summed E-state index contributed by atoms with van der Waals surface area (Å²) in [7, 11) is 0. The molecule has 0 saturated carbocycles. The van der Waals surface area contributed by atoms with Crippen LogP contribution in [0.3, 0.4) is 0 Å². The van der Waals surface area contributed by atoms with Crippen molar-refractivity contribution in [3.8, 4) is 0 Å². The van der Waals surface area contributed by atoms with Gasteiger partial charge in [0.05, 0.1) is 6.26 Å². The zero-order valence-corrected chi connectivity index (χ0v) is 10.8. The van der Waals surface area contributed by atoms with E-state index in [1.807, 2.05) is 30.3 Å². The van der Waals surface area contributed by atoms with Gasteiger partial charge in [0.1, 0.15) is 0 Å². The van der Waals surface area contributed by atoms with Gasteiger partial charge in [-0.2, -0.15) is 12.6 Å². The molecule has 4 heteroatoms. The molecule has 0 aliphatic carbocycles. The average Bonchev–Trinajstić information content (AvgIpc) is 2.93. The summed E-state index contributed by atoms with van der Waals surface area (Å²) in [5.41, 5.74) is 1.18. The molecule has 0 radical (unpaired) electrons. The molecule has 1 N–H and O–H groups in total. The van der Waals surface area contributed by atoms with Crippen LogP contribution in [-0.4, -0.2) is 17.7 Å². The van der Waals surface area contributed by atoms with Crippen LogP contribution >= 0.6 is 12.6 Å². The summed E-state index contributed by atoms with van der Waals surface area (Å²) < 4.78 is 5.05. The lowest BCUT2D eigenvalue weighted by atomic mass is 10.1. The van der Waals surface area contributed by atoms with Crippen molar-refractivity contribution < 1.29 is 9.21 Å². The number of hydrogen-bond acceptors (Lipinski definition) is 3. The highest BCUT2D eigenvalue weighted by molar-refractivity contribution is 7.80. The SMILES string of the molecule is O=C(N[C@@H](CS)Cc1ccccc1)c1ccco1. The van der Waals surface area contributed by atoms with Crippen LogP contribution in [0.1, 0.15) is 16.1 Å². The number of benzene rings is 1. The maximum atomic E-state index is 11.8. The van der Waals surface area contributed by atoms with Gasteiger partial charge in [-0.3, -0.25) is 4.79 Å². The van der Waals surface area contributed by atoms with E-state index in [4.69, 9.17) is 4.42 Å². The van der Waals surface area contributed by atoms with Gasteiger partial charge in [0.15, 0.2) is 5.76 Å². The summed E-state index contributed by atoms with van der Waals surface area (Å²) in [5, 5.41) is 2.91. The Kier molecular flexibility index (Phi) is 4.47. The summed E-state index contributed by atoms with van der Waals surface area (Å²) in [6, 6.07) is 13.4. The third kappa shape index (κ3) is 3.40. The standard InChI is InChI=1S/C14H15NO2S/c16-14(13-7-4-8-17-13)15-12(10-18)9-11-5-2-1-3-6-11/h1-8,12,18H,9-10H2,(H,15,16)/t12-/m1/s1. The van der Waals surface area contributed by atoms with Gasteiger partial charge in [0.2, 0.25) is 0 Å². The number of rotatable bonds is 5. The van der Waals surface area contributed by atoms with Gasteiger partial charge in [-0.05, 0) is 24.1 Å². The van der Waals surface area contributed by atoms with Crippen molar-refractivity contribution in [3.63, 3.8) is 0 Å². The van der Waals surface area contributed by atoms with E-state index in [2.05, 4.69) is 17.9 Å². The molecule has 2 aromatic rings. The maximum absolute atomic E-state index is 11.8. The summed E-state index contributed by atoms with van der Waals surface area (Å²) in [4.78, 5) is 11.8. The number of hydrogen-bond donors (Lipinski definition) is 2. The van der Waals surface area contributed by atoms with Crippen LogP contribution in [0.25, 0.3) is 0 Å². The Hall–Kier alpha value is -1.68. The maximum Gasteiger partial charge on any atom is 0.287 e. The van der Waals surface area contributed by atoms with Crippen LogP contribution in [0, 0.1) is 0 Å². The van der Waals surface area contributed by atoms with Crippen molar-refractivity contribution in [1.29, 1.82) is 0 Å². The highest BCUT2D eigenvalue weighted by atomic mass is 32.1. The Morgan fingerprint density at radius 3 is 2.61 bits per heavy atom. The molecule has 0 aliphatic heterocycles. The lowest BCUT2D eigenvalue weighted by Crippen LogP contribution is -2.37. The fraction of sp³-hybridized carbons (Fsp3) is 0.214. The van der Waals surface area contributed by atoms with Crippen molar-refractivity contribution in [2.24, 2.45) is 0 Å². The zero-order chi connectivity index (χ0) is 12.8. The Labute approximate surface area is 112 Å². The van der Waals surface area contributed by atoms with Gasteiger partial charge in [-0.25, -0.2) is 0 Å². The molecule has 1 heterocycles. The minimum atomic E-state index is -0.199. The van der Waals surface area contributed by atoms with Gasteiger partial charge in [0, 0.05) is 11.8 Å². The Morgan fingerprint density at radius 1 is 1.22 bits per heavy atom. The summed E-state index contributed by atoms with van der Waals surface area (Å²) in [5.74, 6) is 0.714. The minimum absolute atomic E-state index is 0.00617. The van der Waals surface area contributed by atoms with Crippen molar-refractivity contribution in [1.82, 2.24) is 5.32 Å². The van der Waals surface area contributed by atoms with Gasteiger partial charge < -0.3 is 9.73 Å². The quantitative estimate of drug-likeness (QED) is 0.812. The highest BCUT2D eigenvalue weighted by Crippen LogP contribution is 2.06. The highest BCUT2D eigenvalue weighted by Gasteiger charge is 2.14. The molecule has 1 atom stereocenters. The number of thiol groups is 1. The summed E-state index contributed by atoms with van der Waals surface area (Å²) in [6.07, 6.45) is 2.25. The first-order valence-corrected chi connectivity index (χ1v) is 6.42. The van der Waals surface area contributed by atoms with E-state index < -0.39 is 0 Å². The molecule has 0 unspecified atom stereocenters. The van der Waals surface area contributed by atoms with E-state index in [-0.39, 0.29) is 11.9 Å². The molecule has 0 fully saturated rings. The number of furan rings is 1. The normalized spacial score (nSPS) is 12.1. The topological polar surface area (TPSA) is 42.2 Å². The Bertz CT molecular complexity index is 482. The molecule has 94 valence electrons. The molecule has 0 aliphatic rings. The zero-order valence-electron chi connectivity index (χ0n) is 9.87. The predicted molar refractivity (Wildman–Crippen MR) is 74.0 cm³/mol. The number of carbonyl (C=O) groups is 1. The lowest BCUT2D eigenvalue weighted by Gasteiger charge is -2.15. The van der Waals surface area contributed by atoms with Crippen LogP contribution < -0.4 is 5.32 Å². The molecule has 3 nitrogen and oxygen atoms in total. The Balaban J connectivity index is 1.96. The van der Waals surface area contributed by atoms with E-state index in [0.717, 1.165) is 6.42 Å². The smallest absolute Gasteiger partial charge is 0.287 e. The van der Waals surface area contributed by atoms with Crippen molar-refractivity contribution >= 4 is 18.5 Å². The van der Waals surface area contributed by atoms with Gasteiger partial charge in [0.25, 0.3) is 5.91 Å². The van der Waals surface area contributed by atoms with Crippen LogP contribution in [-0.2, 0) is 6.42 Å². The third-order valence-corrected chi connectivity index (χ3v) is 3.07. The molecule has 2 rings (SSSR count). The van der Waals surface area contributed by atoms with Crippen LogP contribution in [0.5, 0.6) is 0 Å². The largest absolute Gasteiger partial charge is 0.459 e. The van der Waals surface area contributed by atoms with E-state index in [0.29, 0.717) is 11.5 Å². The fourth-order valence-electron chi connectivity index (χ4n) is 1.72. The van der Waals surface area contributed by atoms with Crippen LogP contribution in [0.15, 0.2) is 53.1 Å². The molecular weight excluding hydrogens is 246 g/mol. The molecule has 1 aromatic heterocycles. The second kappa shape index (κ2) is 6.31. The Morgan fingerprint density at radius 2 is 2.00 bits per heavy atom.